The van der Waals surface area contributed by atoms with Crippen molar-refractivity contribution in [2.45, 2.75) is 57.2 Å². The zero-order valence-corrected chi connectivity index (χ0v) is 39.9. The molecule has 2 aliphatic heterocycles. The number of hydrogen-bond donors (Lipinski definition) is 0. The lowest BCUT2D eigenvalue weighted by atomic mass is 9.69. The molecular formula is C63H54N2O4. The van der Waals surface area contributed by atoms with Gasteiger partial charge < -0.3 is 28.7 Å². The molecule has 0 fully saturated rings. The summed E-state index contributed by atoms with van der Waals surface area (Å²) in [4.78, 5) is 4.69. The van der Waals surface area contributed by atoms with Crippen LogP contribution < -0.4 is 28.7 Å². The number of ether oxygens (including phenoxy) is 4. The first kappa shape index (κ1) is 42.4. The van der Waals surface area contributed by atoms with Crippen LogP contribution in [0.4, 0.5) is 34.1 Å². The van der Waals surface area contributed by atoms with Crippen LogP contribution in [0.2, 0.25) is 0 Å². The molecule has 2 heterocycles. The fraction of sp³-hybridized carbons (Fsp3) is 0.175. The van der Waals surface area contributed by atoms with E-state index in [-0.39, 0.29) is 10.8 Å². The molecule has 340 valence electrons. The fourth-order valence-electron chi connectivity index (χ4n) is 11.6. The summed E-state index contributed by atoms with van der Waals surface area (Å²) in [5, 5.41) is 9.14. The van der Waals surface area contributed by atoms with Gasteiger partial charge in [-0.25, -0.2) is 0 Å². The first-order chi connectivity index (χ1) is 33.5. The number of nitrogens with zero attached hydrogens (tertiary/aromatic N) is 2. The molecule has 0 atom stereocenters. The van der Waals surface area contributed by atoms with Gasteiger partial charge in [0.2, 0.25) is 0 Å². The van der Waals surface area contributed by atoms with Gasteiger partial charge in [-0.15, -0.1) is 0 Å². The van der Waals surface area contributed by atoms with E-state index in [1.165, 1.54) is 0 Å². The second-order valence-corrected chi connectivity index (χ2v) is 19.9. The van der Waals surface area contributed by atoms with Crippen molar-refractivity contribution in [1.29, 1.82) is 0 Å². The summed E-state index contributed by atoms with van der Waals surface area (Å²) in [5.41, 5.74) is 7.32. The van der Waals surface area contributed by atoms with Crippen molar-refractivity contribution in [2.75, 3.05) is 24.0 Å². The van der Waals surface area contributed by atoms with Gasteiger partial charge in [0.25, 0.3) is 5.79 Å². The summed E-state index contributed by atoms with van der Waals surface area (Å²) in [6, 6.07) is 69.1. The number of methoxy groups -OCH3 is 2. The van der Waals surface area contributed by atoms with Gasteiger partial charge in [-0.2, -0.15) is 0 Å². The van der Waals surface area contributed by atoms with E-state index in [2.05, 4.69) is 232 Å². The van der Waals surface area contributed by atoms with E-state index < -0.39 is 5.79 Å². The Labute approximate surface area is 403 Å². The highest BCUT2D eigenvalue weighted by atomic mass is 16.7. The van der Waals surface area contributed by atoms with Gasteiger partial charge in [-0.1, -0.05) is 173 Å². The monoisotopic (exact) mass is 902 g/mol. The summed E-state index contributed by atoms with van der Waals surface area (Å²) < 4.78 is 27.9. The van der Waals surface area contributed by atoms with Crippen molar-refractivity contribution in [3.05, 3.63) is 205 Å². The highest BCUT2D eigenvalue weighted by Gasteiger charge is 2.54. The van der Waals surface area contributed by atoms with Gasteiger partial charge in [-0.3, -0.25) is 0 Å². The number of benzene rings is 10. The van der Waals surface area contributed by atoms with Crippen LogP contribution in [-0.4, -0.2) is 20.0 Å². The molecule has 1 spiro atoms. The number of anilines is 6. The summed E-state index contributed by atoms with van der Waals surface area (Å²) in [6.07, 6.45) is 1.24. The lowest BCUT2D eigenvalue weighted by molar-refractivity contribution is -0.166. The summed E-state index contributed by atoms with van der Waals surface area (Å²) in [6.45, 7) is 9.21. The third-order valence-corrected chi connectivity index (χ3v) is 14.5. The average molecular weight is 903 g/mol. The molecule has 0 saturated carbocycles. The Morgan fingerprint density at radius 3 is 0.957 bits per heavy atom. The van der Waals surface area contributed by atoms with Crippen LogP contribution in [0.15, 0.2) is 194 Å². The van der Waals surface area contributed by atoms with Crippen LogP contribution >= 0.6 is 0 Å². The van der Waals surface area contributed by atoms with Crippen LogP contribution in [-0.2, 0) is 10.8 Å². The maximum Gasteiger partial charge on any atom is 0.252 e. The molecule has 10 aromatic rings. The maximum atomic E-state index is 7.52. The molecule has 0 radical (unpaired) electrons. The second-order valence-electron chi connectivity index (χ2n) is 19.9. The standard InChI is InChI=1S/C63H54N2O4/c1-61(2)39-63(68-57-37-55(59(66-5)35-49(57)61)64(51-31-15-23-41-19-7-11-27-45(41)51)52-32-16-24-42-20-8-12-28-46(42)52)40-62(3,4)50-36-60(67-6)56(38-58(50)69-63)65(53-33-17-25-43-21-9-13-29-47(43)53)54-34-18-26-44-22-10-14-30-48(44)54/h7-38H,39-40H2,1-6H3. The van der Waals surface area contributed by atoms with Crippen LogP contribution in [0.5, 0.6) is 23.0 Å². The number of rotatable bonds is 8. The maximum absolute atomic E-state index is 7.52. The van der Waals surface area contributed by atoms with Crippen molar-refractivity contribution in [1.82, 2.24) is 0 Å². The summed E-state index contributed by atoms with van der Waals surface area (Å²) >= 11 is 0. The number of hydrogen-bond acceptors (Lipinski definition) is 6. The Morgan fingerprint density at radius 2 is 0.652 bits per heavy atom. The smallest absolute Gasteiger partial charge is 0.252 e. The van der Waals surface area contributed by atoms with E-state index in [0.717, 1.165) is 111 Å². The molecule has 0 aliphatic carbocycles. The van der Waals surface area contributed by atoms with Gasteiger partial charge in [0.05, 0.1) is 48.3 Å². The fourth-order valence-corrected chi connectivity index (χ4v) is 11.6. The van der Waals surface area contributed by atoms with Crippen molar-refractivity contribution >= 4 is 77.2 Å². The van der Waals surface area contributed by atoms with Crippen LogP contribution in [0.25, 0.3) is 43.1 Å². The van der Waals surface area contributed by atoms with Gasteiger partial charge >= 0.3 is 0 Å². The minimum atomic E-state index is -1.02. The van der Waals surface area contributed by atoms with Crippen LogP contribution in [0.1, 0.15) is 51.7 Å². The van der Waals surface area contributed by atoms with Gasteiger partial charge in [0, 0.05) is 68.5 Å². The van der Waals surface area contributed by atoms with Crippen molar-refractivity contribution in [3.63, 3.8) is 0 Å². The van der Waals surface area contributed by atoms with E-state index in [4.69, 9.17) is 18.9 Å². The first-order valence-corrected chi connectivity index (χ1v) is 23.9. The minimum Gasteiger partial charge on any atom is -0.495 e. The van der Waals surface area contributed by atoms with Crippen LogP contribution in [0.3, 0.4) is 0 Å². The van der Waals surface area contributed by atoms with E-state index in [1.807, 2.05) is 0 Å². The van der Waals surface area contributed by atoms with Crippen molar-refractivity contribution in [2.24, 2.45) is 0 Å². The van der Waals surface area contributed by atoms with Gasteiger partial charge in [0.15, 0.2) is 0 Å². The van der Waals surface area contributed by atoms with E-state index in [9.17, 15) is 0 Å². The molecule has 2 aliphatic rings. The third kappa shape index (κ3) is 7.00. The molecule has 0 saturated heterocycles. The normalized spacial score (nSPS) is 15.3. The van der Waals surface area contributed by atoms with Crippen LogP contribution in [0, 0.1) is 0 Å². The van der Waals surface area contributed by atoms with Crippen molar-refractivity contribution < 1.29 is 18.9 Å². The lowest BCUT2D eigenvalue weighted by Crippen LogP contribution is -2.55. The predicted octanol–water partition coefficient (Wildman–Crippen LogP) is 16.8. The summed E-state index contributed by atoms with van der Waals surface area (Å²) in [7, 11) is 3.53. The molecule has 0 N–H and O–H groups in total. The van der Waals surface area contributed by atoms with Gasteiger partial charge in [0.1, 0.15) is 23.0 Å². The third-order valence-electron chi connectivity index (χ3n) is 14.5. The SMILES string of the molecule is COc1cc2c(cc1N(c1cccc3ccccc13)c1cccc3ccccc13)OC1(CC2(C)C)CC(C)(C)c2cc(OC)c(N(c3cccc4ccccc34)c3cccc4ccccc34)cc2O1. The molecule has 0 unspecified atom stereocenters. The zero-order valence-electron chi connectivity index (χ0n) is 39.9. The summed E-state index contributed by atoms with van der Waals surface area (Å²) in [5.74, 6) is 2.05. The molecule has 69 heavy (non-hydrogen) atoms. The molecule has 6 heteroatoms. The second kappa shape index (κ2) is 16.1. The highest BCUT2D eigenvalue weighted by molar-refractivity contribution is 6.07. The van der Waals surface area contributed by atoms with Crippen molar-refractivity contribution in [3.8, 4) is 23.0 Å². The molecular weight excluding hydrogens is 849 g/mol. The topological polar surface area (TPSA) is 43.4 Å². The quantitative estimate of drug-likeness (QED) is 0.151. The molecule has 0 amide bonds. The molecule has 0 aromatic heterocycles. The minimum absolute atomic E-state index is 0.371. The highest BCUT2D eigenvalue weighted by Crippen LogP contribution is 2.59. The Bertz CT molecular complexity index is 3230. The van der Waals surface area contributed by atoms with E-state index >= 15 is 0 Å². The largest absolute Gasteiger partial charge is 0.495 e. The predicted molar refractivity (Wildman–Crippen MR) is 285 cm³/mol. The number of fused-ring (bicyclic) bond motifs is 6. The molecule has 10 aromatic carbocycles. The van der Waals surface area contributed by atoms with Gasteiger partial charge in [-0.05, 0) is 57.9 Å². The molecule has 0 bridgehead atoms. The zero-order chi connectivity index (χ0) is 47.1. The van der Waals surface area contributed by atoms with E-state index in [0.29, 0.717) is 12.8 Å². The van der Waals surface area contributed by atoms with E-state index in [1.54, 1.807) is 14.2 Å². The first-order valence-electron chi connectivity index (χ1n) is 23.9. The Hall–Kier alpha value is -7.96. The molecule has 12 rings (SSSR count). The molecule has 6 nitrogen and oxygen atoms in total. The Morgan fingerprint density at radius 1 is 0.362 bits per heavy atom. The lowest BCUT2D eigenvalue weighted by Gasteiger charge is -2.51. The Balaban J connectivity index is 1.04. The Kier molecular flexibility index (Phi) is 9.89. The average Bonchev–Trinajstić information content (AvgIpc) is 3.36.